The molecule has 1 aliphatic rings. The van der Waals surface area contributed by atoms with E-state index in [0.29, 0.717) is 11.4 Å². The Morgan fingerprint density at radius 1 is 0.893 bits per heavy atom. The van der Waals surface area contributed by atoms with Gasteiger partial charge in [-0.1, -0.05) is 30.3 Å². The molecule has 3 aromatic rings. The van der Waals surface area contributed by atoms with Crippen molar-refractivity contribution >= 4 is 15.7 Å². The van der Waals surface area contributed by atoms with Crippen LogP contribution in [0.3, 0.4) is 0 Å². The molecule has 0 saturated heterocycles. The van der Waals surface area contributed by atoms with Crippen molar-refractivity contribution in [3.63, 3.8) is 0 Å². The molecule has 4 rings (SSSR count). The lowest BCUT2D eigenvalue weighted by Crippen LogP contribution is -2.21. The number of rotatable bonds is 7. The number of fused-ring (bicyclic) bond motifs is 3. The maximum absolute atomic E-state index is 12.4. The van der Waals surface area contributed by atoms with Gasteiger partial charge in [-0.05, 0) is 65.1 Å². The van der Waals surface area contributed by atoms with Crippen molar-refractivity contribution in [3.05, 3.63) is 77.9 Å². The zero-order valence-electron chi connectivity index (χ0n) is 15.5. The first kappa shape index (κ1) is 18.4. The summed E-state index contributed by atoms with van der Waals surface area (Å²) in [6.45, 7) is 0.0675. The zero-order valence-corrected chi connectivity index (χ0v) is 16.3. The molecule has 144 valence electrons. The molecule has 0 heterocycles. The maximum Gasteiger partial charge on any atom is 0.236 e. The van der Waals surface area contributed by atoms with Crippen LogP contribution in [-0.4, -0.2) is 27.9 Å². The summed E-state index contributed by atoms with van der Waals surface area (Å²) < 4.78 is 38.1. The number of benzene rings is 3. The van der Waals surface area contributed by atoms with Gasteiger partial charge in [0.2, 0.25) is 10.0 Å². The predicted molar refractivity (Wildman–Crippen MR) is 111 cm³/mol. The highest BCUT2D eigenvalue weighted by Gasteiger charge is 2.19. The van der Waals surface area contributed by atoms with Gasteiger partial charge in [0.15, 0.2) is 0 Å². The van der Waals surface area contributed by atoms with E-state index in [4.69, 9.17) is 9.47 Å². The fraction of sp³-hybridized carbons (Fsp3) is 0.182. The molecule has 0 aromatic heterocycles. The molecule has 1 N–H and O–H groups in total. The lowest BCUT2D eigenvalue weighted by atomic mass is 10.1. The second-order valence-electron chi connectivity index (χ2n) is 6.65. The summed E-state index contributed by atoms with van der Waals surface area (Å²) >= 11 is 0. The molecule has 0 spiro atoms. The Kier molecular flexibility index (Phi) is 4.96. The normalized spacial score (nSPS) is 12.2. The van der Waals surface area contributed by atoms with Crippen LogP contribution in [0.5, 0.6) is 11.5 Å². The van der Waals surface area contributed by atoms with Gasteiger partial charge in [0.1, 0.15) is 23.9 Å². The molecule has 1 aliphatic carbocycles. The van der Waals surface area contributed by atoms with Crippen molar-refractivity contribution in [1.82, 2.24) is 0 Å². The molecule has 0 atom stereocenters. The van der Waals surface area contributed by atoms with Crippen LogP contribution in [0.15, 0.2) is 66.7 Å². The van der Waals surface area contributed by atoms with E-state index in [0.717, 1.165) is 17.7 Å². The van der Waals surface area contributed by atoms with E-state index in [-0.39, 0.29) is 12.4 Å². The number of hydrogen-bond donors (Lipinski definition) is 1. The van der Waals surface area contributed by atoms with E-state index in [1.54, 1.807) is 31.4 Å². The minimum atomic E-state index is -3.50. The maximum atomic E-state index is 12.4. The number of nitrogens with one attached hydrogen (secondary N) is 1. The van der Waals surface area contributed by atoms with Crippen LogP contribution in [0.2, 0.25) is 0 Å². The lowest BCUT2D eigenvalue weighted by Gasteiger charge is -2.11. The van der Waals surface area contributed by atoms with Crippen LogP contribution in [0.4, 0.5) is 5.69 Å². The zero-order chi connectivity index (χ0) is 19.6. The summed E-state index contributed by atoms with van der Waals surface area (Å²) in [5.74, 6) is 1.20. The highest BCUT2D eigenvalue weighted by molar-refractivity contribution is 7.92. The van der Waals surface area contributed by atoms with Crippen LogP contribution >= 0.6 is 0 Å². The molecule has 3 aromatic carbocycles. The summed E-state index contributed by atoms with van der Waals surface area (Å²) in [5, 5.41) is 0. The van der Waals surface area contributed by atoms with Crippen molar-refractivity contribution < 1.29 is 17.9 Å². The monoisotopic (exact) mass is 395 g/mol. The van der Waals surface area contributed by atoms with E-state index < -0.39 is 10.0 Å². The van der Waals surface area contributed by atoms with Crippen LogP contribution in [0.25, 0.3) is 11.1 Å². The van der Waals surface area contributed by atoms with E-state index in [9.17, 15) is 8.42 Å². The Morgan fingerprint density at radius 2 is 1.61 bits per heavy atom. The molecule has 0 unspecified atom stereocenters. The standard InChI is InChI=1S/C22H21NO4S/c1-26-19-7-9-20(10-8-19)27-12-13-28(24,25)23-18-6-11-22-17(15-18)14-16-4-2-3-5-21(16)22/h2-11,15,23H,12-14H2,1H3. The number of methoxy groups -OCH3 is 1. The molecule has 28 heavy (non-hydrogen) atoms. The Balaban J connectivity index is 1.37. The van der Waals surface area contributed by atoms with Crippen molar-refractivity contribution in [2.75, 3.05) is 24.2 Å². The molecule has 0 saturated carbocycles. The van der Waals surface area contributed by atoms with Crippen LogP contribution in [0.1, 0.15) is 11.1 Å². The van der Waals surface area contributed by atoms with E-state index >= 15 is 0 Å². The van der Waals surface area contributed by atoms with Crippen molar-refractivity contribution in [2.24, 2.45) is 0 Å². The van der Waals surface area contributed by atoms with Gasteiger partial charge < -0.3 is 9.47 Å². The number of ether oxygens (including phenoxy) is 2. The van der Waals surface area contributed by atoms with Gasteiger partial charge in [0.05, 0.1) is 7.11 Å². The molecular formula is C22H21NO4S. The third-order valence-corrected chi connectivity index (χ3v) is 6.00. The smallest absolute Gasteiger partial charge is 0.236 e. The minimum absolute atomic E-state index is 0.0675. The minimum Gasteiger partial charge on any atom is -0.497 e. The van der Waals surface area contributed by atoms with Gasteiger partial charge in [0, 0.05) is 5.69 Å². The topological polar surface area (TPSA) is 64.6 Å². The molecule has 6 heteroatoms. The van der Waals surface area contributed by atoms with Crippen LogP contribution in [-0.2, 0) is 16.4 Å². The van der Waals surface area contributed by atoms with E-state index in [2.05, 4.69) is 16.9 Å². The Bertz CT molecular complexity index is 1090. The van der Waals surface area contributed by atoms with Gasteiger partial charge in [-0.3, -0.25) is 4.72 Å². The number of sulfonamides is 1. The van der Waals surface area contributed by atoms with Crippen LogP contribution in [0, 0.1) is 0 Å². The molecule has 5 nitrogen and oxygen atoms in total. The first-order valence-electron chi connectivity index (χ1n) is 9.03. The quantitative estimate of drug-likeness (QED) is 0.512. The molecule has 0 aliphatic heterocycles. The van der Waals surface area contributed by atoms with Crippen LogP contribution < -0.4 is 14.2 Å². The molecule has 0 fully saturated rings. The summed E-state index contributed by atoms with van der Waals surface area (Å²) in [7, 11) is -1.91. The first-order valence-corrected chi connectivity index (χ1v) is 10.7. The van der Waals surface area contributed by atoms with Gasteiger partial charge in [-0.15, -0.1) is 0 Å². The van der Waals surface area contributed by atoms with Crippen molar-refractivity contribution in [3.8, 4) is 22.6 Å². The fourth-order valence-corrected chi connectivity index (χ4v) is 4.27. The number of anilines is 1. The van der Waals surface area contributed by atoms with Crippen molar-refractivity contribution in [2.45, 2.75) is 6.42 Å². The van der Waals surface area contributed by atoms with E-state index in [1.807, 2.05) is 30.3 Å². The lowest BCUT2D eigenvalue weighted by molar-refractivity contribution is 0.340. The van der Waals surface area contributed by atoms with Gasteiger partial charge in [0.25, 0.3) is 0 Å². The fourth-order valence-electron chi connectivity index (χ4n) is 3.38. The third kappa shape index (κ3) is 3.97. The average molecular weight is 395 g/mol. The molecule has 0 radical (unpaired) electrons. The number of hydrogen-bond acceptors (Lipinski definition) is 4. The average Bonchev–Trinajstić information content (AvgIpc) is 3.05. The van der Waals surface area contributed by atoms with Gasteiger partial charge >= 0.3 is 0 Å². The molecular weight excluding hydrogens is 374 g/mol. The first-order chi connectivity index (χ1) is 13.5. The molecule has 0 amide bonds. The second-order valence-corrected chi connectivity index (χ2v) is 8.49. The largest absolute Gasteiger partial charge is 0.497 e. The summed E-state index contributed by atoms with van der Waals surface area (Å²) in [5.41, 5.74) is 5.37. The highest BCUT2D eigenvalue weighted by atomic mass is 32.2. The summed E-state index contributed by atoms with van der Waals surface area (Å²) in [4.78, 5) is 0. The molecule has 0 bridgehead atoms. The third-order valence-electron chi connectivity index (χ3n) is 4.75. The SMILES string of the molecule is COc1ccc(OCCS(=O)(=O)Nc2ccc3c(c2)Cc2ccccc2-3)cc1. The Morgan fingerprint density at radius 3 is 2.39 bits per heavy atom. The predicted octanol–water partition coefficient (Wildman–Crippen LogP) is 4.09. The second kappa shape index (κ2) is 7.56. The Labute approximate surface area is 165 Å². The Hall–Kier alpha value is -2.99. The van der Waals surface area contributed by atoms with E-state index in [1.165, 1.54) is 16.7 Å². The van der Waals surface area contributed by atoms with Gasteiger partial charge in [-0.25, -0.2) is 8.42 Å². The summed E-state index contributed by atoms with van der Waals surface area (Å²) in [6.07, 6.45) is 0.821. The summed E-state index contributed by atoms with van der Waals surface area (Å²) in [6, 6.07) is 21.0. The van der Waals surface area contributed by atoms with Crippen molar-refractivity contribution in [1.29, 1.82) is 0 Å². The highest BCUT2D eigenvalue weighted by Crippen LogP contribution is 2.37. The van der Waals surface area contributed by atoms with Gasteiger partial charge in [-0.2, -0.15) is 0 Å².